The first kappa shape index (κ1) is 21.0. The van der Waals surface area contributed by atoms with Gasteiger partial charge in [-0.1, -0.05) is 63.6 Å². The van der Waals surface area contributed by atoms with Crippen LogP contribution in [0.5, 0.6) is 5.75 Å². The Balaban J connectivity index is 1.35. The second-order valence-corrected chi connectivity index (χ2v) is 8.18. The van der Waals surface area contributed by atoms with Crippen LogP contribution >= 0.6 is 15.9 Å². The van der Waals surface area contributed by atoms with Gasteiger partial charge in [-0.2, -0.15) is 0 Å². The number of aromatic nitrogens is 3. The number of ether oxygens (including phenoxy) is 1. The van der Waals surface area contributed by atoms with Crippen molar-refractivity contribution < 1.29 is 4.74 Å². The Morgan fingerprint density at radius 3 is 2.39 bits per heavy atom. The van der Waals surface area contributed by atoms with Gasteiger partial charge >= 0.3 is 0 Å². The molecule has 0 aliphatic heterocycles. The molecule has 0 spiro atoms. The highest BCUT2D eigenvalue weighted by Crippen LogP contribution is 2.24. The topological polar surface area (TPSA) is 57.0 Å². The lowest BCUT2D eigenvalue weighted by molar-refractivity contribution is 0.261. The molecule has 0 bridgehead atoms. The van der Waals surface area contributed by atoms with Crippen molar-refractivity contribution in [1.82, 2.24) is 15.0 Å². The maximum Gasteiger partial charge on any atom is 0.277 e. The van der Waals surface area contributed by atoms with Crippen molar-refractivity contribution >= 4 is 26.8 Å². The lowest BCUT2D eigenvalue weighted by atomic mass is 10.1. The summed E-state index contributed by atoms with van der Waals surface area (Å²) in [6, 6.07) is 23.5. The van der Waals surface area contributed by atoms with Crippen molar-refractivity contribution in [2.45, 2.75) is 13.0 Å². The van der Waals surface area contributed by atoms with Crippen LogP contribution < -0.4 is 10.3 Å². The van der Waals surface area contributed by atoms with Gasteiger partial charge in [-0.25, -0.2) is 4.68 Å². The minimum atomic E-state index is -0.127. The van der Waals surface area contributed by atoms with E-state index in [1.54, 1.807) is 12.1 Å². The monoisotopic (exact) mass is 475 g/mol. The van der Waals surface area contributed by atoms with Crippen molar-refractivity contribution in [3.8, 4) is 16.9 Å². The molecule has 1 aromatic heterocycles. The number of aryl methyl sites for hydroxylation is 1. The van der Waals surface area contributed by atoms with Gasteiger partial charge in [0.1, 0.15) is 11.3 Å². The molecule has 0 aliphatic rings. The van der Waals surface area contributed by atoms with Crippen LogP contribution in [0, 0.1) is 5.92 Å². The highest BCUT2D eigenvalue weighted by atomic mass is 79.9. The van der Waals surface area contributed by atoms with Crippen molar-refractivity contribution in [2.24, 2.45) is 5.92 Å². The van der Waals surface area contributed by atoms with Gasteiger partial charge in [-0.05, 0) is 53.9 Å². The molecule has 3 aromatic carbocycles. The van der Waals surface area contributed by atoms with Gasteiger partial charge in [-0.3, -0.25) is 4.79 Å². The zero-order valence-corrected chi connectivity index (χ0v) is 18.5. The molecule has 1 heterocycles. The molecule has 6 heteroatoms. The van der Waals surface area contributed by atoms with E-state index >= 15 is 0 Å². The number of halogens is 1. The summed E-state index contributed by atoms with van der Waals surface area (Å²) in [6.07, 6.45) is 2.54. The first-order chi connectivity index (χ1) is 15.1. The Labute approximate surface area is 189 Å². The van der Waals surface area contributed by atoms with Crippen LogP contribution in [0.2, 0.25) is 0 Å². The van der Waals surface area contributed by atoms with Crippen molar-refractivity contribution in [2.75, 3.05) is 6.61 Å². The van der Waals surface area contributed by atoms with E-state index in [0.717, 1.165) is 21.3 Å². The van der Waals surface area contributed by atoms with Crippen LogP contribution in [0.4, 0.5) is 0 Å². The zero-order valence-electron chi connectivity index (χ0n) is 16.9. The van der Waals surface area contributed by atoms with Crippen molar-refractivity contribution in [1.29, 1.82) is 0 Å². The molecule has 4 aromatic rings. The number of benzene rings is 3. The largest absolute Gasteiger partial charge is 0.493 e. The summed E-state index contributed by atoms with van der Waals surface area (Å²) in [5, 5.41) is 8.76. The second kappa shape index (κ2) is 9.71. The van der Waals surface area contributed by atoms with Crippen molar-refractivity contribution in [3.63, 3.8) is 0 Å². The van der Waals surface area contributed by atoms with Crippen LogP contribution in [-0.4, -0.2) is 21.6 Å². The fourth-order valence-corrected chi connectivity index (χ4v) is 3.58. The summed E-state index contributed by atoms with van der Waals surface area (Å²) in [7, 11) is 0. The average molecular weight is 476 g/mol. The number of hydrogen-bond donors (Lipinski definition) is 0. The highest BCUT2D eigenvalue weighted by Gasteiger charge is 2.10. The Kier molecular flexibility index (Phi) is 6.57. The van der Waals surface area contributed by atoms with Crippen LogP contribution in [0.25, 0.3) is 22.0 Å². The van der Waals surface area contributed by atoms with E-state index in [2.05, 4.69) is 45.0 Å². The predicted molar refractivity (Wildman–Crippen MR) is 127 cm³/mol. The Hall–Kier alpha value is -3.25. The van der Waals surface area contributed by atoms with Gasteiger partial charge in [0.25, 0.3) is 5.56 Å². The minimum Gasteiger partial charge on any atom is -0.493 e. The third-order valence-electron chi connectivity index (χ3n) is 5.17. The van der Waals surface area contributed by atoms with Gasteiger partial charge in [0.15, 0.2) is 0 Å². The summed E-state index contributed by atoms with van der Waals surface area (Å²) in [4.78, 5) is 12.6. The fourth-order valence-electron chi connectivity index (χ4n) is 3.32. The predicted octanol–water partition coefficient (Wildman–Crippen LogP) is 5.49. The molecule has 1 atom stereocenters. The maximum atomic E-state index is 12.6. The third-order valence-corrected chi connectivity index (χ3v) is 5.70. The smallest absolute Gasteiger partial charge is 0.277 e. The van der Waals surface area contributed by atoms with Gasteiger partial charge in [0.2, 0.25) is 0 Å². The average Bonchev–Trinajstić information content (AvgIpc) is 2.81. The molecule has 0 aliphatic carbocycles. The molecule has 31 heavy (non-hydrogen) atoms. The Bertz CT molecular complexity index is 1230. The molecule has 1 unspecified atom stereocenters. The molecule has 0 saturated heterocycles. The number of rotatable bonds is 8. The third kappa shape index (κ3) is 5.09. The Morgan fingerprint density at radius 1 is 1.00 bits per heavy atom. The molecule has 4 rings (SSSR count). The second-order valence-electron chi connectivity index (χ2n) is 7.26. The summed E-state index contributed by atoms with van der Waals surface area (Å²) >= 11 is 3.46. The SMILES string of the molecule is C=CC(CCn1nnc2ccccc2c1=O)COc1ccc(-c2ccc(Br)cc2)cc1. The van der Waals surface area contributed by atoms with E-state index < -0.39 is 0 Å². The van der Waals surface area contributed by atoms with Crippen molar-refractivity contribution in [3.05, 3.63) is 100 Å². The molecular weight excluding hydrogens is 454 g/mol. The highest BCUT2D eigenvalue weighted by molar-refractivity contribution is 9.10. The number of fused-ring (bicyclic) bond motifs is 1. The molecular formula is C25H22BrN3O2. The maximum absolute atomic E-state index is 12.6. The first-order valence-electron chi connectivity index (χ1n) is 10.1. The lowest BCUT2D eigenvalue weighted by Gasteiger charge is -2.14. The van der Waals surface area contributed by atoms with Crippen LogP contribution in [0.3, 0.4) is 0 Å². The first-order valence-corrected chi connectivity index (χ1v) is 10.9. The summed E-state index contributed by atoms with van der Waals surface area (Å²) in [5.74, 6) is 0.890. The molecule has 0 amide bonds. The number of hydrogen-bond acceptors (Lipinski definition) is 4. The molecule has 5 nitrogen and oxygen atoms in total. The van der Waals surface area contributed by atoms with Gasteiger partial charge in [0, 0.05) is 16.9 Å². The van der Waals surface area contributed by atoms with Crippen LogP contribution in [0.1, 0.15) is 6.42 Å². The van der Waals surface area contributed by atoms with Gasteiger partial charge < -0.3 is 4.74 Å². The van der Waals surface area contributed by atoms with Gasteiger partial charge in [0.05, 0.1) is 12.0 Å². The molecule has 156 valence electrons. The summed E-state index contributed by atoms with van der Waals surface area (Å²) < 4.78 is 8.42. The fraction of sp³-hybridized carbons (Fsp3) is 0.160. The molecule has 0 saturated carbocycles. The van der Waals surface area contributed by atoms with E-state index in [9.17, 15) is 4.79 Å². The van der Waals surface area contributed by atoms with Crippen LogP contribution in [-0.2, 0) is 6.54 Å². The van der Waals surface area contributed by atoms with Crippen LogP contribution in [0.15, 0.2) is 94.7 Å². The van der Waals surface area contributed by atoms with E-state index in [4.69, 9.17) is 4.74 Å². The van der Waals surface area contributed by atoms with E-state index in [1.165, 1.54) is 4.68 Å². The molecule has 0 fully saturated rings. The normalized spacial score (nSPS) is 11.9. The summed E-state index contributed by atoms with van der Waals surface area (Å²) in [5.41, 5.74) is 2.77. The van der Waals surface area contributed by atoms with Gasteiger partial charge in [-0.15, -0.1) is 11.7 Å². The summed E-state index contributed by atoms with van der Waals surface area (Å²) in [6.45, 7) is 4.85. The Morgan fingerprint density at radius 2 is 1.68 bits per heavy atom. The van der Waals surface area contributed by atoms with E-state index in [-0.39, 0.29) is 11.5 Å². The quantitative estimate of drug-likeness (QED) is 0.316. The van der Waals surface area contributed by atoms with E-state index in [0.29, 0.717) is 30.5 Å². The lowest BCUT2D eigenvalue weighted by Crippen LogP contribution is -2.26. The zero-order chi connectivity index (χ0) is 21.6. The standard InChI is InChI=1S/C25H22BrN3O2/c1-2-18(15-16-29-25(30)23-5-3-4-6-24(23)27-28-29)17-31-22-13-9-20(10-14-22)19-7-11-21(26)12-8-19/h2-14,18H,1,15-17H2. The number of nitrogens with zero attached hydrogens (tertiary/aromatic N) is 3. The molecule has 0 N–H and O–H groups in total. The van der Waals surface area contributed by atoms with E-state index in [1.807, 2.05) is 54.6 Å². The molecule has 0 radical (unpaired) electrons. The minimum absolute atomic E-state index is 0.0892.